The third-order valence-electron chi connectivity index (χ3n) is 16.4. The fraction of sp³-hybridized carbons (Fsp3) is 0.981. The Morgan fingerprint density at radius 1 is 0.381 bits per heavy atom. The van der Waals surface area contributed by atoms with E-state index in [2.05, 4.69) is 6.92 Å². The lowest BCUT2D eigenvalue weighted by Crippen LogP contribution is -2.68. The summed E-state index contributed by atoms with van der Waals surface area (Å²) >= 11 is 0. The number of rotatable bonds is 31. The number of hydrogen-bond acceptors (Lipinski definition) is 30. The summed E-state index contributed by atoms with van der Waals surface area (Å²) in [7, 11) is 0. The molecule has 0 saturated carbocycles. The summed E-state index contributed by atoms with van der Waals surface area (Å²) in [5.41, 5.74) is 0. The molecule has 0 aromatic rings. The standard InChI is InChI=1S/C53H94O31/c1-4-5-6-12-15-24(16-13-10-8-7-9-11-14-17-29(57)58)76-52-46(38(67)31(60)23(3)75-52)83-53-47(84-49-40(69)35(64)30(59)22(2)74-49)45(34(63)26(19-55)78-53)82-51-42(71)37(66)33(62)28(80-51)21-73-48-43(72)39(68)44(27(20-56)79-48)81-50-41(70)36(65)32(61)25(18-54)77-50/h22-28,30-56,59-72H,4-21H2,1-3H3,(H,57,58)/t22-,23+,24-,25+,26+,27+,28+,30-,31-,32+,33+,34+,35+,36-,37-,38-,39+,40+,41+,42+,43+,44+,45-,46+,47+,48+,49-,50-,51-,52-,53-/m0/s1. The molecule has 6 fully saturated rings. The first-order chi connectivity index (χ1) is 40.0. The molecule has 0 radical (unpaired) electrons. The van der Waals surface area contributed by atoms with Crippen molar-refractivity contribution in [3.63, 3.8) is 0 Å². The van der Waals surface area contributed by atoms with Crippen molar-refractivity contribution in [2.45, 2.75) is 301 Å². The molecule has 6 aliphatic heterocycles. The van der Waals surface area contributed by atoms with Crippen LogP contribution in [0.4, 0.5) is 0 Å². The monoisotopic (exact) mass is 1230 g/mol. The molecule has 0 spiro atoms. The van der Waals surface area contributed by atoms with E-state index in [1.165, 1.54) is 13.8 Å². The van der Waals surface area contributed by atoms with E-state index in [0.717, 1.165) is 64.2 Å². The van der Waals surface area contributed by atoms with Gasteiger partial charge in [-0.2, -0.15) is 0 Å². The number of aliphatic carboxylic acids is 1. The normalized spacial score (nSPS) is 45.3. The van der Waals surface area contributed by atoms with Crippen LogP contribution in [-0.4, -0.2) is 315 Å². The number of hydrogen-bond donors (Lipinski definition) is 18. The molecule has 0 aromatic heterocycles. The number of carbonyl (C=O) groups is 1. The van der Waals surface area contributed by atoms with Crippen molar-refractivity contribution in [1.29, 1.82) is 0 Å². The fourth-order valence-corrected chi connectivity index (χ4v) is 11.1. The number of aliphatic hydroxyl groups excluding tert-OH is 17. The average Bonchev–Trinajstić information content (AvgIpc) is 2.43. The van der Waals surface area contributed by atoms with Gasteiger partial charge < -0.3 is 149 Å². The summed E-state index contributed by atoms with van der Waals surface area (Å²) < 4.78 is 71.7. The van der Waals surface area contributed by atoms with Crippen LogP contribution in [0.5, 0.6) is 0 Å². The van der Waals surface area contributed by atoms with E-state index < -0.39 is 223 Å². The van der Waals surface area contributed by atoms with Crippen LogP contribution < -0.4 is 0 Å². The first kappa shape index (κ1) is 71.4. The van der Waals surface area contributed by atoms with Crippen molar-refractivity contribution in [2.24, 2.45) is 0 Å². The predicted molar refractivity (Wildman–Crippen MR) is 277 cm³/mol. The van der Waals surface area contributed by atoms with Gasteiger partial charge in [0, 0.05) is 6.42 Å². The van der Waals surface area contributed by atoms with Gasteiger partial charge in [0.1, 0.15) is 134 Å². The second kappa shape index (κ2) is 33.9. The van der Waals surface area contributed by atoms with Gasteiger partial charge in [-0.05, 0) is 33.1 Å². The second-order valence-electron chi connectivity index (χ2n) is 22.8. The van der Waals surface area contributed by atoms with Gasteiger partial charge in [0.25, 0.3) is 0 Å². The smallest absolute Gasteiger partial charge is 0.303 e. The van der Waals surface area contributed by atoms with Crippen molar-refractivity contribution in [3.05, 3.63) is 0 Å². The molecule has 0 amide bonds. The highest BCUT2D eigenvalue weighted by molar-refractivity contribution is 5.66. The van der Waals surface area contributed by atoms with Crippen molar-refractivity contribution in [3.8, 4) is 0 Å². The summed E-state index contributed by atoms with van der Waals surface area (Å²) in [6, 6.07) is 0. The van der Waals surface area contributed by atoms with Crippen LogP contribution >= 0.6 is 0 Å². The molecule has 84 heavy (non-hydrogen) atoms. The van der Waals surface area contributed by atoms with Gasteiger partial charge in [0.05, 0.1) is 44.7 Å². The number of carboxylic acids is 1. The molecule has 31 atom stereocenters. The quantitative estimate of drug-likeness (QED) is 0.0287. The molecule has 31 heteroatoms. The van der Waals surface area contributed by atoms with Gasteiger partial charge in [0.2, 0.25) is 0 Å². The Kier molecular flexibility index (Phi) is 28.8. The molecule has 31 nitrogen and oxygen atoms in total. The van der Waals surface area contributed by atoms with Crippen LogP contribution in [-0.2, 0) is 61.6 Å². The molecule has 492 valence electrons. The van der Waals surface area contributed by atoms with Gasteiger partial charge in [-0.3, -0.25) is 4.79 Å². The lowest BCUT2D eigenvalue weighted by molar-refractivity contribution is -0.410. The number of ether oxygens (including phenoxy) is 12. The molecule has 6 saturated heterocycles. The minimum atomic E-state index is -2.19. The molecule has 6 rings (SSSR count). The summed E-state index contributed by atoms with van der Waals surface area (Å²) in [5.74, 6) is -0.832. The number of unbranched alkanes of at least 4 members (excludes halogenated alkanes) is 9. The Bertz CT molecular complexity index is 1880. The summed E-state index contributed by atoms with van der Waals surface area (Å²) in [4.78, 5) is 10.9. The van der Waals surface area contributed by atoms with Gasteiger partial charge in [0.15, 0.2) is 37.7 Å². The molecule has 6 heterocycles. The van der Waals surface area contributed by atoms with Gasteiger partial charge in [-0.25, -0.2) is 0 Å². The third-order valence-corrected chi connectivity index (χ3v) is 16.4. The van der Waals surface area contributed by atoms with E-state index in [-0.39, 0.29) is 6.42 Å². The maximum atomic E-state index is 11.9. The number of aliphatic hydroxyl groups is 17. The largest absolute Gasteiger partial charge is 0.481 e. The van der Waals surface area contributed by atoms with E-state index >= 15 is 0 Å². The van der Waals surface area contributed by atoms with E-state index in [9.17, 15) is 91.6 Å². The zero-order valence-electron chi connectivity index (χ0n) is 47.5. The highest BCUT2D eigenvalue weighted by Gasteiger charge is 2.58. The highest BCUT2D eigenvalue weighted by Crippen LogP contribution is 2.38. The first-order valence-corrected chi connectivity index (χ1v) is 29.4. The van der Waals surface area contributed by atoms with E-state index in [0.29, 0.717) is 19.3 Å². The molecule has 18 N–H and O–H groups in total. The Balaban J connectivity index is 1.22. The summed E-state index contributed by atoms with van der Waals surface area (Å²) in [6.45, 7) is 1.31. The van der Waals surface area contributed by atoms with Crippen molar-refractivity contribution in [1.82, 2.24) is 0 Å². The molecular formula is C53H94O31. The molecule has 0 aromatic carbocycles. The highest BCUT2D eigenvalue weighted by atomic mass is 16.8. The second-order valence-corrected chi connectivity index (χ2v) is 22.8. The third kappa shape index (κ3) is 18.0. The maximum absolute atomic E-state index is 11.9. The van der Waals surface area contributed by atoms with Crippen LogP contribution in [0.3, 0.4) is 0 Å². The van der Waals surface area contributed by atoms with E-state index in [1.54, 1.807) is 0 Å². The van der Waals surface area contributed by atoms with E-state index in [4.69, 9.17) is 61.9 Å². The summed E-state index contributed by atoms with van der Waals surface area (Å²) in [5, 5.41) is 194. The lowest BCUT2D eigenvalue weighted by Gasteiger charge is -2.50. The van der Waals surface area contributed by atoms with Crippen LogP contribution in [0.2, 0.25) is 0 Å². The zero-order valence-corrected chi connectivity index (χ0v) is 47.5. The number of carboxylic acid groups (broad SMARTS) is 1. The van der Waals surface area contributed by atoms with Crippen molar-refractivity contribution in [2.75, 3.05) is 26.4 Å². The molecule has 6 aliphatic rings. The summed E-state index contributed by atoms with van der Waals surface area (Å²) in [6.07, 6.45) is -44.2. The molecule has 0 aliphatic carbocycles. The fourth-order valence-electron chi connectivity index (χ4n) is 11.1. The topological polar surface area (TPSA) is 492 Å². The average molecular weight is 1230 g/mol. The first-order valence-electron chi connectivity index (χ1n) is 29.4. The minimum Gasteiger partial charge on any atom is -0.481 e. The van der Waals surface area contributed by atoms with Crippen LogP contribution in [0.15, 0.2) is 0 Å². The Hall–Kier alpha value is -1.69. The van der Waals surface area contributed by atoms with Gasteiger partial charge in [-0.1, -0.05) is 71.1 Å². The molecule has 0 unspecified atom stereocenters. The van der Waals surface area contributed by atoms with Gasteiger partial charge >= 0.3 is 5.97 Å². The van der Waals surface area contributed by atoms with E-state index in [1.807, 2.05) is 0 Å². The van der Waals surface area contributed by atoms with Crippen LogP contribution in [0.1, 0.15) is 111 Å². The van der Waals surface area contributed by atoms with Crippen molar-refractivity contribution >= 4 is 5.97 Å². The molecular weight excluding hydrogens is 1130 g/mol. The Morgan fingerprint density at radius 2 is 0.786 bits per heavy atom. The van der Waals surface area contributed by atoms with Crippen molar-refractivity contribution < 1.29 is 154 Å². The Labute approximate surface area is 486 Å². The van der Waals surface area contributed by atoms with Gasteiger partial charge in [-0.15, -0.1) is 0 Å². The minimum absolute atomic E-state index is 0.119. The van der Waals surface area contributed by atoms with Crippen LogP contribution in [0.25, 0.3) is 0 Å². The Morgan fingerprint density at radius 3 is 1.36 bits per heavy atom. The lowest BCUT2D eigenvalue weighted by atomic mass is 9.95. The SMILES string of the molecule is CCCCCC[C@@H](CCCCCCCCCC(=O)O)O[C@@H]1O[C@H](C)[C@H](O)[C@H](O)[C@H]1O[C@@H]1O[C@H](CO)[C@@H](O)[C@H](O[C@@H]2O[C@H](CO[C@@H]3O[C@H](CO)[C@@H](O[C@@H]4O[C@H](CO)[C@@H](O)[C@H](O)[C@H]4O)[C@H](O)[C@H]3O)[C@@H](O)[C@H](O)[C@H]2O)[C@H]1O[C@@H]1O[C@@H](C)[C@H](O)[C@@H](O)[C@H]1O. The van der Waals surface area contributed by atoms with Crippen LogP contribution in [0, 0.1) is 0 Å². The maximum Gasteiger partial charge on any atom is 0.303 e. The predicted octanol–water partition coefficient (Wildman–Crippen LogP) is -6.09. The molecule has 0 bridgehead atoms. The zero-order chi connectivity index (χ0) is 61.7.